The topological polar surface area (TPSA) is 93.3 Å². The van der Waals surface area contributed by atoms with E-state index >= 15 is 0 Å². The molecular weight excluding hydrogens is 318 g/mol. The van der Waals surface area contributed by atoms with E-state index in [2.05, 4.69) is 19.9 Å². The van der Waals surface area contributed by atoms with Gasteiger partial charge >= 0.3 is 0 Å². The van der Waals surface area contributed by atoms with Crippen LogP contribution < -0.4 is 4.72 Å². The van der Waals surface area contributed by atoms with E-state index in [4.69, 9.17) is 4.52 Å². The van der Waals surface area contributed by atoms with Crippen LogP contribution in [0.2, 0.25) is 0 Å². The molecule has 1 fully saturated rings. The standard InChI is InChI=1S/C14H21N5O3S/c1-18-8-11(7-15-18)14-6-13(22-16-14)10-19-5-3-4-12(9-19)17-23(2,20)21/h6-8,12,17H,3-5,9-10H2,1-2H3/t12-/m0/s1. The van der Waals surface area contributed by atoms with Gasteiger partial charge in [0.05, 0.1) is 19.0 Å². The second-order valence-electron chi connectivity index (χ2n) is 6.05. The lowest BCUT2D eigenvalue weighted by Gasteiger charge is -2.31. The lowest BCUT2D eigenvalue weighted by atomic mass is 10.1. The van der Waals surface area contributed by atoms with Crippen LogP contribution in [0.5, 0.6) is 0 Å². The minimum absolute atomic E-state index is 0.0422. The van der Waals surface area contributed by atoms with Crippen LogP contribution in [0.3, 0.4) is 0 Å². The zero-order valence-corrected chi connectivity index (χ0v) is 14.1. The Hall–Kier alpha value is -1.71. The van der Waals surface area contributed by atoms with Crippen molar-refractivity contribution in [1.82, 2.24) is 24.6 Å². The molecule has 8 nitrogen and oxygen atoms in total. The molecule has 9 heteroatoms. The highest BCUT2D eigenvalue weighted by Crippen LogP contribution is 2.20. The summed E-state index contributed by atoms with van der Waals surface area (Å²) in [6.45, 7) is 2.22. The second-order valence-corrected chi connectivity index (χ2v) is 7.83. The number of nitrogens with zero attached hydrogens (tertiary/aromatic N) is 4. The second kappa shape index (κ2) is 6.42. The third-order valence-corrected chi connectivity index (χ3v) is 4.59. The molecule has 1 saturated heterocycles. The van der Waals surface area contributed by atoms with Gasteiger partial charge in [-0.2, -0.15) is 5.10 Å². The summed E-state index contributed by atoms with van der Waals surface area (Å²) in [7, 11) is -1.32. The zero-order chi connectivity index (χ0) is 16.4. The third-order valence-electron chi connectivity index (χ3n) is 3.83. The summed E-state index contributed by atoms with van der Waals surface area (Å²) in [6.07, 6.45) is 6.64. The maximum Gasteiger partial charge on any atom is 0.208 e. The minimum atomic E-state index is -3.17. The first-order valence-corrected chi connectivity index (χ1v) is 9.42. The van der Waals surface area contributed by atoms with Gasteiger partial charge in [0.25, 0.3) is 0 Å². The predicted molar refractivity (Wildman–Crippen MR) is 85.0 cm³/mol. The Morgan fingerprint density at radius 2 is 2.30 bits per heavy atom. The number of aromatic nitrogens is 3. The fourth-order valence-corrected chi connectivity index (χ4v) is 3.69. The Morgan fingerprint density at radius 1 is 1.48 bits per heavy atom. The molecule has 1 N–H and O–H groups in total. The molecule has 3 heterocycles. The molecular formula is C14H21N5O3S. The highest BCUT2D eigenvalue weighted by molar-refractivity contribution is 7.88. The highest BCUT2D eigenvalue weighted by Gasteiger charge is 2.23. The Labute approximate surface area is 135 Å². The van der Waals surface area contributed by atoms with Crippen molar-refractivity contribution in [2.45, 2.75) is 25.4 Å². The number of hydrogen-bond acceptors (Lipinski definition) is 6. The Morgan fingerprint density at radius 3 is 3.00 bits per heavy atom. The van der Waals surface area contributed by atoms with Crippen molar-refractivity contribution in [3.8, 4) is 11.3 Å². The summed E-state index contributed by atoms with van der Waals surface area (Å²) < 4.78 is 32.5. The third kappa shape index (κ3) is 4.40. The molecule has 126 valence electrons. The molecule has 0 aliphatic carbocycles. The first-order chi connectivity index (χ1) is 10.9. The maximum atomic E-state index is 11.4. The molecule has 23 heavy (non-hydrogen) atoms. The number of likely N-dealkylation sites (tertiary alicyclic amines) is 1. The van der Waals surface area contributed by atoms with E-state index in [9.17, 15) is 8.42 Å². The molecule has 0 bridgehead atoms. The van der Waals surface area contributed by atoms with Crippen molar-refractivity contribution in [2.75, 3.05) is 19.3 Å². The van der Waals surface area contributed by atoms with Crippen LogP contribution in [0.4, 0.5) is 0 Å². The lowest BCUT2D eigenvalue weighted by Crippen LogP contribution is -2.46. The number of sulfonamides is 1. The summed E-state index contributed by atoms with van der Waals surface area (Å²) >= 11 is 0. The van der Waals surface area contributed by atoms with Crippen molar-refractivity contribution in [3.05, 3.63) is 24.2 Å². The first kappa shape index (κ1) is 16.2. The van der Waals surface area contributed by atoms with E-state index in [1.54, 1.807) is 10.9 Å². The summed E-state index contributed by atoms with van der Waals surface area (Å²) in [6, 6.07) is 1.87. The van der Waals surface area contributed by atoms with Gasteiger partial charge in [0.2, 0.25) is 10.0 Å². The molecule has 0 unspecified atom stereocenters. The average Bonchev–Trinajstić information content (AvgIpc) is 3.06. The van der Waals surface area contributed by atoms with E-state index in [0.717, 1.165) is 36.4 Å². The van der Waals surface area contributed by atoms with E-state index < -0.39 is 10.0 Å². The Kier molecular flexibility index (Phi) is 4.51. The summed E-state index contributed by atoms with van der Waals surface area (Å²) in [5, 5.41) is 8.20. The van der Waals surface area contributed by atoms with Crippen LogP contribution >= 0.6 is 0 Å². The zero-order valence-electron chi connectivity index (χ0n) is 13.3. The number of aryl methyl sites for hydroxylation is 1. The van der Waals surface area contributed by atoms with E-state index in [-0.39, 0.29) is 6.04 Å². The number of nitrogens with one attached hydrogen (secondary N) is 1. The quantitative estimate of drug-likeness (QED) is 0.857. The molecule has 0 saturated carbocycles. The molecule has 1 aliphatic heterocycles. The smallest absolute Gasteiger partial charge is 0.208 e. The van der Waals surface area contributed by atoms with Crippen molar-refractivity contribution in [2.24, 2.45) is 7.05 Å². The fourth-order valence-electron chi connectivity index (χ4n) is 2.90. The minimum Gasteiger partial charge on any atom is -0.359 e. The van der Waals surface area contributed by atoms with Crippen molar-refractivity contribution in [3.63, 3.8) is 0 Å². The summed E-state index contributed by atoms with van der Waals surface area (Å²) in [5.74, 6) is 0.767. The van der Waals surface area contributed by atoms with E-state index in [1.165, 1.54) is 6.26 Å². The molecule has 0 aromatic carbocycles. The fraction of sp³-hybridized carbons (Fsp3) is 0.571. The van der Waals surface area contributed by atoms with Crippen LogP contribution in [0.1, 0.15) is 18.6 Å². The summed E-state index contributed by atoms with van der Waals surface area (Å²) in [5.41, 5.74) is 1.67. The molecule has 1 atom stereocenters. The van der Waals surface area contributed by atoms with Gasteiger partial charge in [-0.05, 0) is 19.4 Å². The lowest BCUT2D eigenvalue weighted by molar-refractivity contribution is 0.176. The van der Waals surface area contributed by atoms with Gasteiger partial charge in [-0.1, -0.05) is 5.16 Å². The first-order valence-electron chi connectivity index (χ1n) is 7.53. The predicted octanol–water partition coefficient (Wildman–Crippen LogP) is 0.589. The van der Waals surface area contributed by atoms with Crippen LogP contribution in [-0.4, -0.2) is 53.6 Å². The van der Waals surface area contributed by atoms with Crippen LogP contribution in [0.15, 0.2) is 23.0 Å². The van der Waals surface area contributed by atoms with Gasteiger partial charge in [-0.25, -0.2) is 13.1 Å². The number of piperidine rings is 1. The molecule has 2 aromatic rings. The molecule has 0 radical (unpaired) electrons. The van der Waals surface area contributed by atoms with Gasteiger partial charge in [0.15, 0.2) is 5.76 Å². The van der Waals surface area contributed by atoms with Gasteiger partial charge in [-0.3, -0.25) is 9.58 Å². The summed E-state index contributed by atoms with van der Waals surface area (Å²) in [4.78, 5) is 2.18. The average molecular weight is 339 g/mol. The van der Waals surface area contributed by atoms with Crippen LogP contribution in [0, 0.1) is 0 Å². The highest BCUT2D eigenvalue weighted by atomic mass is 32.2. The van der Waals surface area contributed by atoms with E-state index in [1.807, 2.05) is 19.3 Å². The SMILES string of the molecule is Cn1cc(-c2cc(CN3CCC[C@H](NS(C)(=O)=O)C3)on2)cn1. The molecule has 2 aromatic heterocycles. The monoisotopic (exact) mass is 339 g/mol. The maximum absolute atomic E-state index is 11.4. The van der Waals surface area contributed by atoms with Gasteiger partial charge in [0, 0.05) is 37.5 Å². The van der Waals surface area contributed by atoms with Crippen molar-refractivity contribution < 1.29 is 12.9 Å². The molecule has 0 spiro atoms. The van der Waals surface area contributed by atoms with Gasteiger partial charge in [-0.15, -0.1) is 0 Å². The van der Waals surface area contributed by atoms with Crippen LogP contribution in [0.25, 0.3) is 11.3 Å². The molecule has 1 aliphatic rings. The van der Waals surface area contributed by atoms with Crippen molar-refractivity contribution in [1.29, 1.82) is 0 Å². The van der Waals surface area contributed by atoms with E-state index in [0.29, 0.717) is 13.1 Å². The Balaban J connectivity index is 1.62. The number of hydrogen-bond donors (Lipinski definition) is 1. The van der Waals surface area contributed by atoms with Gasteiger partial charge < -0.3 is 4.52 Å². The largest absolute Gasteiger partial charge is 0.359 e. The van der Waals surface area contributed by atoms with Crippen LogP contribution in [-0.2, 0) is 23.6 Å². The normalized spacial score (nSPS) is 20.0. The molecule has 3 rings (SSSR count). The number of rotatable bonds is 5. The Bertz CT molecular complexity index is 767. The van der Waals surface area contributed by atoms with Crippen molar-refractivity contribution >= 4 is 10.0 Å². The molecule has 0 amide bonds. The van der Waals surface area contributed by atoms with Gasteiger partial charge in [0.1, 0.15) is 5.69 Å².